The molecule has 1 aromatic carbocycles. The third-order valence-corrected chi connectivity index (χ3v) is 5.11. The number of aryl methyl sites for hydroxylation is 2. The third-order valence-electron chi connectivity index (χ3n) is 3.77. The van der Waals surface area contributed by atoms with Gasteiger partial charge >= 0.3 is 0 Å². The topological polar surface area (TPSA) is 76.1 Å². The number of halogens is 1. The third kappa shape index (κ3) is 3.68. The average Bonchev–Trinajstić information content (AvgIpc) is 3.00. The summed E-state index contributed by atoms with van der Waals surface area (Å²) in [4.78, 5) is 15.5. The summed E-state index contributed by atoms with van der Waals surface area (Å²) in [6.45, 7) is 0. The molecular weight excluding hydrogens is 331 g/mol. The van der Waals surface area contributed by atoms with Crippen LogP contribution >= 0.6 is 0 Å². The number of pyridine rings is 1. The van der Waals surface area contributed by atoms with E-state index in [9.17, 15) is 17.6 Å². The molecule has 2 aromatic rings. The Balaban J connectivity index is 1.73. The summed E-state index contributed by atoms with van der Waals surface area (Å²) < 4.78 is 39.5. The lowest BCUT2D eigenvalue weighted by atomic mass is 10.1. The van der Waals surface area contributed by atoms with Gasteiger partial charge in [-0.25, -0.2) is 17.5 Å². The molecule has 24 heavy (non-hydrogen) atoms. The molecule has 1 aliphatic carbocycles. The van der Waals surface area contributed by atoms with Gasteiger partial charge in [0, 0.05) is 12.3 Å². The zero-order chi connectivity index (χ0) is 17.2. The van der Waals surface area contributed by atoms with E-state index < -0.39 is 21.7 Å². The molecule has 0 bridgehead atoms. The Morgan fingerprint density at radius 1 is 1.17 bits per heavy atom. The highest BCUT2D eigenvalue weighted by Crippen LogP contribution is 2.24. The molecule has 1 aliphatic rings. The minimum Gasteiger partial charge on any atom is -0.269 e. The molecule has 0 radical (unpaired) electrons. The summed E-state index contributed by atoms with van der Waals surface area (Å²) in [6.07, 6.45) is 7.53. The Morgan fingerprint density at radius 2 is 1.96 bits per heavy atom. The highest BCUT2D eigenvalue weighted by atomic mass is 32.2. The van der Waals surface area contributed by atoms with Crippen molar-refractivity contribution in [3.8, 4) is 0 Å². The number of fused-ring (bicyclic) bond motifs is 1. The van der Waals surface area contributed by atoms with E-state index in [0.29, 0.717) is 5.56 Å². The Morgan fingerprint density at radius 3 is 2.75 bits per heavy atom. The SMILES string of the molecule is O=C(/C=C/c1cncc(F)c1)NS(=O)(=O)c1ccc2c(c1)CCC2. The van der Waals surface area contributed by atoms with E-state index in [1.807, 2.05) is 4.72 Å². The average molecular weight is 346 g/mol. The number of aromatic nitrogens is 1. The molecule has 0 spiro atoms. The maximum Gasteiger partial charge on any atom is 0.264 e. The van der Waals surface area contributed by atoms with Gasteiger partial charge < -0.3 is 0 Å². The summed E-state index contributed by atoms with van der Waals surface area (Å²) in [6, 6.07) is 6.08. The van der Waals surface area contributed by atoms with Crippen molar-refractivity contribution in [3.63, 3.8) is 0 Å². The van der Waals surface area contributed by atoms with Crippen molar-refractivity contribution in [2.75, 3.05) is 0 Å². The fourth-order valence-corrected chi connectivity index (χ4v) is 3.63. The van der Waals surface area contributed by atoms with Crippen LogP contribution in [-0.2, 0) is 27.7 Å². The van der Waals surface area contributed by atoms with Gasteiger partial charge in [0.25, 0.3) is 15.9 Å². The first kappa shape index (κ1) is 16.3. The summed E-state index contributed by atoms with van der Waals surface area (Å²) in [7, 11) is -3.93. The van der Waals surface area contributed by atoms with Crippen molar-refractivity contribution in [1.29, 1.82) is 0 Å². The van der Waals surface area contributed by atoms with Crippen molar-refractivity contribution >= 4 is 22.0 Å². The van der Waals surface area contributed by atoms with Crippen LogP contribution in [0.1, 0.15) is 23.1 Å². The lowest BCUT2D eigenvalue weighted by Gasteiger charge is -2.07. The number of carbonyl (C=O) groups is 1. The molecular formula is C17H15FN2O3S. The molecule has 1 amide bonds. The van der Waals surface area contributed by atoms with Crippen LogP contribution in [0.2, 0.25) is 0 Å². The molecule has 0 atom stereocenters. The first-order chi connectivity index (χ1) is 11.4. The van der Waals surface area contributed by atoms with Crippen molar-refractivity contribution < 1.29 is 17.6 Å². The van der Waals surface area contributed by atoms with Crippen LogP contribution in [0.5, 0.6) is 0 Å². The van der Waals surface area contributed by atoms with Crippen LogP contribution in [0, 0.1) is 5.82 Å². The monoisotopic (exact) mass is 346 g/mol. The van der Waals surface area contributed by atoms with Gasteiger partial charge in [0.2, 0.25) is 0 Å². The number of nitrogens with one attached hydrogen (secondary N) is 1. The van der Waals surface area contributed by atoms with E-state index >= 15 is 0 Å². The van der Waals surface area contributed by atoms with Gasteiger partial charge in [0.05, 0.1) is 11.1 Å². The first-order valence-electron chi connectivity index (χ1n) is 7.41. The molecule has 0 saturated heterocycles. The zero-order valence-corrected chi connectivity index (χ0v) is 13.5. The fraction of sp³-hybridized carbons (Fsp3) is 0.176. The molecule has 3 rings (SSSR count). The molecule has 0 aliphatic heterocycles. The Kier molecular flexibility index (Phi) is 4.44. The predicted molar refractivity (Wildman–Crippen MR) is 87.0 cm³/mol. The van der Waals surface area contributed by atoms with Crippen molar-refractivity contribution in [3.05, 3.63) is 65.2 Å². The maximum atomic E-state index is 13.0. The quantitative estimate of drug-likeness (QED) is 0.862. The number of benzene rings is 1. The normalized spacial score (nSPS) is 13.9. The first-order valence-corrected chi connectivity index (χ1v) is 8.89. The maximum absolute atomic E-state index is 13.0. The molecule has 1 aromatic heterocycles. The van der Waals surface area contributed by atoms with E-state index in [0.717, 1.165) is 42.7 Å². The molecule has 0 unspecified atom stereocenters. The second kappa shape index (κ2) is 6.52. The van der Waals surface area contributed by atoms with Crippen LogP contribution in [-0.4, -0.2) is 19.3 Å². The van der Waals surface area contributed by atoms with E-state index in [-0.39, 0.29) is 4.90 Å². The smallest absolute Gasteiger partial charge is 0.264 e. The number of hydrogen-bond acceptors (Lipinski definition) is 4. The Bertz CT molecular complexity index is 923. The number of hydrogen-bond donors (Lipinski definition) is 1. The fourth-order valence-electron chi connectivity index (χ4n) is 2.63. The van der Waals surface area contributed by atoms with Gasteiger partial charge in [-0.2, -0.15) is 0 Å². The van der Waals surface area contributed by atoms with Crippen LogP contribution in [0.3, 0.4) is 0 Å². The molecule has 124 valence electrons. The molecule has 1 heterocycles. The van der Waals surface area contributed by atoms with Crippen molar-refractivity contribution in [1.82, 2.24) is 9.71 Å². The van der Waals surface area contributed by atoms with Crippen LogP contribution in [0.25, 0.3) is 6.08 Å². The van der Waals surface area contributed by atoms with Crippen molar-refractivity contribution in [2.45, 2.75) is 24.2 Å². The van der Waals surface area contributed by atoms with Gasteiger partial charge in [-0.3, -0.25) is 9.78 Å². The van der Waals surface area contributed by atoms with Gasteiger partial charge in [-0.05, 0) is 60.2 Å². The second-order valence-electron chi connectivity index (χ2n) is 5.52. The standard InChI is InChI=1S/C17H15FN2O3S/c18-15-8-12(10-19-11-15)4-7-17(21)20-24(22,23)16-6-5-13-2-1-3-14(13)9-16/h4-11H,1-3H2,(H,20,21)/b7-4+. The largest absolute Gasteiger partial charge is 0.269 e. The number of rotatable bonds is 4. The van der Waals surface area contributed by atoms with E-state index in [1.165, 1.54) is 24.4 Å². The van der Waals surface area contributed by atoms with Gasteiger partial charge in [0.15, 0.2) is 0 Å². The number of sulfonamides is 1. The summed E-state index contributed by atoms with van der Waals surface area (Å²) in [5.74, 6) is -1.34. The number of nitrogens with zero attached hydrogens (tertiary/aromatic N) is 1. The van der Waals surface area contributed by atoms with Crippen molar-refractivity contribution in [2.24, 2.45) is 0 Å². The van der Waals surface area contributed by atoms with Gasteiger partial charge in [0.1, 0.15) is 5.82 Å². The second-order valence-corrected chi connectivity index (χ2v) is 7.21. The Labute approximate surface area is 139 Å². The summed E-state index contributed by atoms with van der Waals surface area (Å²) in [5.41, 5.74) is 2.52. The minimum atomic E-state index is -3.93. The van der Waals surface area contributed by atoms with Crippen LogP contribution in [0.15, 0.2) is 47.6 Å². The molecule has 1 N–H and O–H groups in total. The highest BCUT2D eigenvalue weighted by molar-refractivity contribution is 7.90. The zero-order valence-electron chi connectivity index (χ0n) is 12.7. The van der Waals surface area contributed by atoms with E-state index in [2.05, 4.69) is 4.98 Å². The van der Waals surface area contributed by atoms with Crippen LogP contribution < -0.4 is 4.72 Å². The Hall–Kier alpha value is -2.54. The summed E-state index contributed by atoms with van der Waals surface area (Å²) in [5, 5.41) is 0. The predicted octanol–water partition coefficient (Wildman–Crippen LogP) is 2.23. The van der Waals surface area contributed by atoms with Gasteiger partial charge in [-0.15, -0.1) is 0 Å². The highest BCUT2D eigenvalue weighted by Gasteiger charge is 2.19. The lowest BCUT2D eigenvalue weighted by molar-refractivity contribution is -0.114. The van der Waals surface area contributed by atoms with Crippen LogP contribution in [0.4, 0.5) is 4.39 Å². The summed E-state index contributed by atoms with van der Waals surface area (Å²) >= 11 is 0. The van der Waals surface area contributed by atoms with E-state index in [1.54, 1.807) is 12.1 Å². The molecule has 0 saturated carbocycles. The molecule has 0 fully saturated rings. The van der Waals surface area contributed by atoms with E-state index in [4.69, 9.17) is 0 Å². The number of amides is 1. The molecule has 7 heteroatoms. The number of carbonyl (C=O) groups excluding carboxylic acids is 1. The molecule has 5 nitrogen and oxygen atoms in total. The van der Waals surface area contributed by atoms with Gasteiger partial charge in [-0.1, -0.05) is 6.07 Å². The minimum absolute atomic E-state index is 0.0670. The lowest BCUT2D eigenvalue weighted by Crippen LogP contribution is -2.29.